The number of nitro benzene ring substituents is 1. The Labute approximate surface area is 204 Å². The van der Waals surface area contributed by atoms with Crippen LogP contribution < -0.4 is 14.2 Å². The molecule has 35 heavy (non-hydrogen) atoms. The summed E-state index contributed by atoms with van der Waals surface area (Å²) < 4.78 is 17.1. The highest BCUT2D eigenvalue weighted by molar-refractivity contribution is 5.98. The van der Waals surface area contributed by atoms with Crippen molar-refractivity contribution < 1.29 is 23.9 Å². The van der Waals surface area contributed by atoms with E-state index in [-0.39, 0.29) is 17.9 Å². The van der Waals surface area contributed by atoms with E-state index in [4.69, 9.17) is 14.2 Å². The number of hydrogen-bond donors (Lipinski definition) is 0. The standard InChI is InChI=1S/C27H28N2O6/c1-4-18-9-11-20(12-10-18)35-17-24-22-16-26(34-3)25(33-2)15-19(22)13-14-28(24)27(30)21-7-5-6-8-23(21)29(31)32/h5-12,15-16,24H,4,13-14,17H2,1-3H3. The number of ether oxygens (including phenoxy) is 3. The molecule has 1 unspecified atom stereocenters. The molecule has 0 bridgehead atoms. The van der Waals surface area contributed by atoms with Gasteiger partial charge in [0.15, 0.2) is 11.5 Å². The van der Waals surface area contributed by atoms with Gasteiger partial charge in [0.25, 0.3) is 11.6 Å². The lowest BCUT2D eigenvalue weighted by Crippen LogP contribution is -2.42. The molecule has 0 spiro atoms. The highest BCUT2D eigenvalue weighted by Crippen LogP contribution is 2.39. The largest absolute Gasteiger partial charge is 0.493 e. The van der Waals surface area contributed by atoms with Gasteiger partial charge in [-0.2, -0.15) is 0 Å². The minimum Gasteiger partial charge on any atom is -0.493 e. The van der Waals surface area contributed by atoms with Crippen LogP contribution in [-0.2, 0) is 12.8 Å². The zero-order valence-electron chi connectivity index (χ0n) is 20.0. The van der Waals surface area contributed by atoms with E-state index in [0.29, 0.717) is 30.2 Å². The molecule has 1 aliphatic heterocycles. The summed E-state index contributed by atoms with van der Waals surface area (Å²) in [5.74, 6) is 1.43. The number of methoxy groups -OCH3 is 2. The molecule has 0 fully saturated rings. The van der Waals surface area contributed by atoms with Crippen molar-refractivity contribution in [3.63, 3.8) is 0 Å². The number of nitro groups is 1. The fourth-order valence-electron chi connectivity index (χ4n) is 4.42. The average Bonchev–Trinajstić information content (AvgIpc) is 2.90. The second-order valence-corrected chi connectivity index (χ2v) is 8.25. The minimum atomic E-state index is -0.528. The fourth-order valence-corrected chi connectivity index (χ4v) is 4.42. The molecule has 3 aromatic carbocycles. The predicted molar refractivity (Wildman–Crippen MR) is 131 cm³/mol. The molecule has 0 radical (unpaired) electrons. The molecule has 0 aromatic heterocycles. The number of carbonyl (C=O) groups is 1. The fraction of sp³-hybridized carbons (Fsp3) is 0.296. The Morgan fingerprint density at radius 1 is 1.06 bits per heavy atom. The summed E-state index contributed by atoms with van der Waals surface area (Å²) in [4.78, 5) is 26.3. The average molecular weight is 477 g/mol. The van der Waals surface area contributed by atoms with Crippen LogP contribution in [0, 0.1) is 10.1 Å². The van der Waals surface area contributed by atoms with Crippen molar-refractivity contribution in [1.29, 1.82) is 0 Å². The zero-order valence-corrected chi connectivity index (χ0v) is 20.0. The van der Waals surface area contributed by atoms with Crippen molar-refractivity contribution in [3.05, 3.63) is 93.0 Å². The lowest BCUT2D eigenvalue weighted by atomic mass is 9.91. The van der Waals surface area contributed by atoms with Crippen molar-refractivity contribution in [1.82, 2.24) is 4.90 Å². The summed E-state index contributed by atoms with van der Waals surface area (Å²) in [7, 11) is 3.14. The number of para-hydroxylation sites is 1. The lowest BCUT2D eigenvalue weighted by Gasteiger charge is -2.37. The van der Waals surface area contributed by atoms with Crippen LogP contribution in [0.3, 0.4) is 0 Å². The number of nitrogens with zero attached hydrogens (tertiary/aromatic N) is 2. The number of amides is 1. The van der Waals surface area contributed by atoms with Crippen LogP contribution in [0.15, 0.2) is 60.7 Å². The molecule has 3 aromatic rings. The van der Waals surface area contributed by atoms with Gasteiger partial charge in [-0.05, 0) is 59.9 Å². The minimum absolute atomic E-state index is 0.0544. The molecular formula is C27H28N2O6. The van der Waals surface area contributed by atoms with Crippen molar-refractivity contribution in [2.75, 3.05) is 27.4 Å². The third-order valence-corrected chi connectivity index (χ3v) is 6.33. The first kappa shape index (κ1) is 24.1. The maximum Gasteiger partial charge on any atom is 0.282 e. The van der Waals surface area contributed by atoms with Gasteiger partial charge in [-0.3, -0.25) is 14.9 Å². The van der Waals surface area contributed by atoms with Gasteiger partial charge in [0.1, 0.15) is 17.9 Å². The van der Waals surface area contributed by atoms with E-state index in [0.717, 1.165) is 17.5 Å². The normalized spacial score (nSPS) is 14.7. The predicted octanol–water partition coefficient (Wildman–Crippen LogP) is 4.99. The molecule has 0 saturated heterocycles. The molecule has 1 aliphatic rings. The van der Waals surface area contributed by atoms with Crippen LogP contribution in [-0.4, -0.2) is 43.1 Å². The van der Waals surface area contributed by atoms with Crippen LogP contribution in [0.5, 0.6) is 17.2 Å². The summed E-state index contributed by atoms with van der Waals surface area (Å²) in [5.41, 5.74) is 2.92. The summed E-state index contributed by atoms with van der Waals surface area (Å²) in [6.45, 7) is 2.65. The second kappa shape index (κ2) is 10.5. The Bertz CT molecular complexity index is 1220. The number of carbonyl (C=O) groups excluding carboxylic acids is 1. The molecule has 1 atom stereocenters. The number of aryl methyl sites for hydroxylation is 1. The molecule has 182 valence electrons. The maximum absolute atomic E-state index is 13.6. The number of fused-ring (bicyclic) bond motifs is 1. The van der Waals surface area contributed by atoms with E-state index in [1.165, 1.54) is 17.7 Å². The van der Waals surface area contributed by atoms with Gasteiger partial charge < -0.3 is 19.1 Å². The maximum atomic E-state index is 13.6. The van der Waals surface area contributed by atoms with Crippen LogP contribution >= 0.6 is 0 Å². The SMILES string of the molecule is CCc1ccc(OCC2c3cc(OC)c(OC)cc3CCN2C(=O)c2ccccc2[N+](=O)[O-])cc1. The smallest absolute Gasteiger partial charge is 0.282 e. The van der Waals surface area contributed by atoms with Crippen molar-refractivity contribution in [3.8, 4) is 17.2 Å². The van der Waals surface area contributed by atoms with E-state index in [2.05, 4.69) is 6.92 Å². The molecule has 1 amide bonds. The Morgan fingerprint density at radius 2 is 1.74 bits per heavy atom. The number of rotatable bonds is 8. The van der Waals surface area contributed by atoms with E-state index >= 15 is 0 Å². The van der Waals surface area contributed by atoms with E-state index < -0.39 is 16.9 Å². The van der Waals surface area contributed by atoms with Crippen molar-refractivity contribution in [2.24, 2.45) is 0 Å². The first-order valence-corrected chi connectivity index (χ1v) is 11.5. The van der Waals surface area contributed by atoms with Gasteiger partial charge in [0.2, 0.25) is 0 Å². The van der Waals surface area contributed by atoms with Crippen LogP contribution in [0.2, 0.25) is 0 Å². The van der Waals surface area contributed by atoms with E-state index in [1.807, 2.05) is 36.4 Å². The van der Waals surface area contributed by atoms with Gasteiger partial charge in [0.05, 0.1) is 25.2 Å². The lowest BCUT2D eigenvalue weighted by molar-refractivity contribution is -0.385. The van der Waals surface area contributed by atoms with Gasteiger partial charge in [-0.25, -0.2) is 0 Å². The van der Waals surface area contributed by atoms with E-state index in [1.54, 1.807) is 31.3 Å². The first-order valence-electron chi connectivity index (χ1n) is 11.5. The molecule has 4 rings (SSSR count). The Kier molecular flexibility index (Phi) is 7.19. The van der Waals surface area contributed by atoms with Crippen LogP contribution in [0.4, 0.5) is 5.69 Å². The summed E-state index contributed by atoms with van der Waals surface area (Å²) in [6.07, 6.45) is 1.50. The monoisotopic (exact) mass is 476 g/mol. The highest BCUT2D eigenvalue weighted by Gasteiger charge is 2.35. The van der Waals surface area contributed by atoms with Gasteiger partial charge >= 0.3 is 0 Å². The number of benzene rings is 3. The molecule has 0 aliphatic carbocycles. The Balaban J connectivity index is 1.72. The molecule has 1 heterocycles. The Hall–Kier alpha value is -4.07. The summed E-state index contributed by atoms with van der Waals surface area (Å²) in [6, 6.07) is 17.2. The quantitative estimate of drug-likeness (QED) is 0.336. The topological polar surface area (TPSA) is 91.1 Å². The third kappa shape index (κ3) is 4.91. The molecule has 0 saturated carbocycles. The van der Waals surface area contributed by atoms with Crippen molar-refractivity contribution in [2.45, 2.75) is 25.8 Å². The summed E-state index contributed by atoms with van der Waals surface area (Å²) in [5, 5.41) is 11.6. The molecule has 8 nitrogen and oxygen atoms in total. The number of hydrogen-bond acceptors (Lipinski definition) is 6. The first-order chi connectivity index (χ1) is 17.0. The Morgan fingerprint density at radius 3 is 2.40 bits per heavy atom. The summed E-state index contributed by atoms with van der Waals surface area (Å²) >= 11 is 0. The molecule has 8 heteroatoms. The van der Waals surface area contributed by atoms with Crippen molar-refractivity contribution >= 4 is 11.6 Å². The molecule has 0 N–H and O–H groups in total. The second-order valence-electron chi connectivity index (χ2n) is 8.25. The van der Waals surface area contributed by atoms with Gasteiger partial charge in [-0.1, -0.05) is 31.2 Å². The third-order valence-electron chi connectivity index (χ3n) is 6.33. The van der Waals surface area contributed by atoms with Crippen LogP contribution in [0.25, 0.3) is 0 Å². The molecular weight excluding hydrogens is 448 g/mol. The zero-order chi connectivity index (χ0) is 24.9. The van der Waals surface area contributed by atoms with E-state index in [9.17, 15) is 14.9 Å². The van der Waals surface area contributed by atoms with Gasteiger partial charge in [-0.15, -0.1) is 0 Å². The van der Waals surface area contributed by atoms with Gasteiger partial charge in [0, 0.05) is 12.6 Å². The highest BCUT2D eigenvalue weighted by atomic mass is 16.6. The van der Waals surface area contributed by atoms with Crippen LogP contribution in [0.1, 0.15) is 40.0 Å².